The summed E-state index contributed by atoms with van der Waals surface area (Å²) in [6, 6.07) is 5.28. The fourth-order valence-corrected chi connectivity index (χ4v) is 3.00. The van der Waals surface area contributed by atoms with Crippen molar-refractivity contribution in [1.29, 1.82) is 0 Å². The quantitative estimate of drug-likeness (QED) is 0.590. The minimum atomic E-state index is -0.451. The first-order valence-electron chi connectivity index (χ1n) is 6.49. The summed E-state index contributed by atoms with van der Waals surface area (Å²) in [4.78, 5) is 15.7. The van der Waals surface area contributed by atoms with E-state index in [1.807, 2.05) is 0 Å². The second-order valence-corrected chi connectivity index (χ2v) is 5.45. The number of fused-ring (bicyclic) bond motifs is 2. The van der Waals surface area contributed by atoms with Crippen LogP contribution >= 0.6 is 11.3 Å². The number of hydrogen-bond donors (Lipinski definition) is 1. The second kappa shape index (κ2) is 4.88. The molecule has 8 nitrogen and oxygen atoms in total. The van der Waals surface area contributed by atoms with Gasteiger partial charge in [-0.2, -0.15) is 9.38 Å². The van der Waals surface area contributed by atoms with E-state index < -0.39 is 4.92 Å². The second-order valence-electron chi connectivity index (χ2n) is 4.58. The van der Waals surface area contributed by atoms with Gasteiger partial charge in [0.25, 0.3) is 4.96 Å². The zero-order valence-electron chi connectivity index (χ0n) is 11.2. The molecule has 1 N–H and O–H groups in total. The number of aromatic nitrogens is 2. The molecule has 112 valence electrons. The van der Waals surface area contributed by atoms with Crippen LogP contribution < -0.4 is 14.8 Å². The normalized spacial score (nSPS) is 13.3. The van der Waals surface area contributed by atoms with Crippen LogP contribution in [0.15, 0.2) is 29.8 Å². The maximum Gasteiger partial charge on any atom is 0.373 e. The van der Waals surface area contributed by atoms with Crippen LogP contribution in [0.3, 0.4) is 0 Å². The number of nitrogens with zero attached hydrogens (tertiary/aromatic N) is 3. The van der Waals surface area contributed by atoms with Crippen LogP contribution in [0.1, 0.15) is 0 Å². The number of anilines is 2. The molecule has 0 unspecified atom stereocenters. The SMILES string of the molecule is O=[N+]([O-])c1c(Nc2ccc3c(c2)OCCO3)nc2sccn12. The molecule has 1 aliphatic heterocycles. The number of nitro groups is 1. The average Bonchev–Trinajstić information content (AvgIpc) is 3.07. The minimum absolute atomic E-state index is 0.0915. The van der Waals surface area contributed by atoms with Gasteiger partial charge >= 0.3 is 5.82 Å². The van der Waals surface area contributed by atoms with Gasteiger partial charge in [0.1, 0.15) is 19.4 Å². The molecule has 0 aliphatic carbocycles. The summed E-state index contributed by atoms with van der Waals surface area (Å²) < 4.78 is 12.4. The molecule has 1 aromatic carbocycles. The Hall–Kier alpha value is -2.81. The van der Waals surface area contributed by atoms with Crippen molar-refractivity contribution in [2.45, 2.75) is 0 Å². The first-order valence-corrected chi connectivity index (χ1v) is 7.37. The highest BCUT2D eigenvalue weighted by atomic mass is 32.1. The molecule has 2 aromatic heterocycles. The van der Waals surface area contributed by atoms with Crippen molar-refractivity contribution in [3.05, 3.63) is 39.9 Å². The fraction of sp³-hybridized carbons (Fsp3) is 0.154. The molecule has 0 radical (unpaired) electrons. The Kier molecular flexibility index (Phi) is 2.86. The lowest BCUT2D eigenvalue weighted by atomic mass is 10.2. The van der Waals surface area contributed by atoms with Crippen LogP contribution in [0.2, 0.25) is 0 Å². The highest BCUT2D eigenvalue weighted by Crippen LogP contribution is 2.35. The standard InChI is InChI=1S/C13H10N4O4S/c18-17(19)12-11(15-13-16(12)3-6-22-13)14-8-1-2-9-10(7-8)21-5-4-20-9/h1-3,6-7,14H,4-5H2. The zero-order chi connectivity index (χ0) is 15.1. The van der Waals surface area contributed by atoms with E-state index in [-0.39, 0.29) is 11.6 Å². The van der Waals surface area contributed by atoms with E-state index in [1.54, 1.807) is 29.8 Å². The van der Waals surface area contributed by atoms with Crippen LogP contribution in [0.25, 0.3) is 4.96 Å². The summed E-state index contributed by atoms with van der Waals surface area (Å²) in [5.41, 5.74) is 0.651. The number of nitrogens with one attached hydrogen (secondary N) is 1. The van der Waals surface area contributed by atoms with Gasteiger partial charge in [-0.1, -0.05) is 11.3 Å². The first kappa shape index (κ1) is 12.9. The van der Waals surface area contributed by atoms with E-state index >= 15 is 0 Å². The minimum Gasteiger partial charge on any atom is -0.486 e. The number of rotatable bonds is 3. The topological polar surface area (TPSA) is 90.9 Å². The van der Waals surface area contributed by atoms with Crippen molar-refractivity contribution in [1.82, 2.24) is 9.38 Å². The van der Waals surface area contributed by atoms with Gasteiger partial charge in [-0.25, -0.2) is 0 Å². The highest BCUT2D eigenvalue weighted by Gasteiger charge is 2.24. The first-order chi connectivity index (χ1) is 10.7. The third-order valence-corrected chi connectivity index (χ3v) is 3.97. The van der Waals surface area contributed by atoms with Gasteiger partial charge in [0, 0.05) is 17.1 Å². The monoisotopic (exact) mass is 318 g/mol. The van der Waals surface area contributed by atoms with Crippen molar-refractivity contribution in [3.8, 4) is 11.5 Å². The van der Waals surface area contributed by atoms with E-state index in [0.717, 1.165) is 0 Å². The predicted molar refractivity (Wildman–Crippen MR) is 80.4 cm³/mol. The van der Waals surface area contributed by atoms with Crippen molar-refractivity contribution in [2.24, 2.45) is 0 Å². The molecule has 0 bridgehead atoms. The predicted octanol–water partition coefficient (Wildman–Crippen LogP) is 2.82. The van der Waals surface area contributed by atoms with E-state index in [2.05, 4.69) is 10.3 Å². The Morgan fingerprint density at radius 3 is 2.95 bits per heavy atom. The van der Waals surface area contributed by atoms with Gasteiger partial charge in [-0.05, 0) is 17.1 Å². The van der Waals surface area contributed by atoms with Gasteiger partial charge < -0.3 is 24.9 Å². The molecular weight excluding hydrogens is 308 g/mol. The number of benzene rings is 1. The van der Waals surface area contributed by atoms with E-state index in [0.29, 0.717) is 35.4 Å². The van der Waals surface area contributed by atoms with Gasteiger partial charge in [0.05, 0.1) is 0 Å². The van der Waals surface area contributed by atoms with Gasteiger partial charge in [-0.3, -0.25) is 0 Å². The summed E-state index contributed by atoms with van der Waals surface area (Å²) in [7, 11) is 0. The molecule has 0 fully saturated rings. The number of hydrogen-bond acceptors (Lipinski definition) is 7. The maximum absolute atomic E-state index is 11.3. The molecular formula is C13H10N4O4S. The largest absolute Gasteiger partial charge is 0.486 e. The lowest BCUT2D eigenvalue weighted by Gasteiger charge is -2.18. The van der Waals surface area contributed by atoms with Crippen LogP contribution in [0, 0.1) is 10.1 Å². The van der Waals surface area contributed by atoms with E-state index in [4.69, 9.17) is 9.47 Å². The molecule has 3 aromatic rings. The van der Waals surface area contributed by atoms with Crippen LogP contribution in [-0.2, 0) is 0 Å². The molecule has 0 spiro atoms. The van der Waals surface area contributed by atoms with Crippen LogP contribution in [0.5, 0.6) is 11.5 Å². The van der Waals surface area contributed by atoms with Crippen molar-refractivity contribution >= 4 is 33.6 Å². The Balaban J connectivity index is 1.73. The number of imidazole rings is 1. The number of thiazole rings is 1. The summed E-state index contributed by atoms with van der Waals surface area (Å²) >= 11 is 1.34. The molecule has 0 saturated carbocycles. The smallest absolute Gasteiger partial charge is 0.373 e. The summed E-state index contributed by atoms with van der Waals surface area (Å²) in [6.45, 7) is 0.999. The Morgan fingerprint density at radius 2 is 2.14 bits per heavy atom. The third-order valence-electron chi connectivity index (χ3n) is 3.21. The van der Waals surface area contributed by atoms with Gasteiger partial charge in [0.2, 0.25) is 5.82 Å². The van der Waals surface area contributed by atoms with Gasteiger partial charge in [-0.15, -0.1) is 0 Å². The van der Waals surface area contributed by atoms with Crippen LogP contribution in [0.4, 0.5) is 17.3 Å². The number of ether oxygens (including phenoxy) is 2. The third kappa shape index (κ3) is 2.02. The fourth-order valence-electron chi connectivity index (χ4n) is 2.29. The molecule has 0 atom stereocenters. The molecule has 3 heterocycles. The molecule has 9 heteroatoms. The average molecular weight is 318 g/mol. The molecule has 1 aliphatic rings. The van der Waals surface area contributed by atoms with Crippen molar-refractivity contribution in [3.63, 3.8) is 0 Å². The lowest BCUT2D eigenvalue weighted by Crippen LogP contribution is -2.15. The zero-order valence-corrected chi connectivity index (χ0v) is 12.0. The lowest BCUT2D eigenvalue weighted by molar-refractivity contribution is -0.389. The van der Waals surface area contributed by atoms with Crippen molar-refractivity contribution < 1.29 is 14.4 Å². The van der Waals surface area contributed by atoms with E-state index in [9.17, 15) is 10.1 Å². The molecule has 0 amide bonds. The van der Waals surface area contributed by atoms with Crippen molar-refractivity contribution in [2.75, 3.05) is 18.5 Å². The molecule has 22 heavy (non-hydrogen) atoms. The Morgan fingerprint density at radius 1 is 1.32 bits per heavy atom. The highest BCUT2D eigenvalue weighted by molar-refractivity contribution is 7.15. The molecule has 0 saturated heterocycles. The van der Waals surface area contributed by atoms with Crippen LogP contribution in [-0.4, -0.2) is 27.5 Å². The Labute approximate surface area is 128 Å². The Bertz CT molecular complexity index is 872. The summed E-state index contributed by atoms with van der Waals surface area (Å²) in [5, 5.41) is 16.0. The summed E-state index contributed by atoms with van der Waals surface area (Å²) in [5.74, 6) is 1.39. The van der Waals surface area contributed by atoms with E-state index in [1.165, 1.54) is 15.7 Å². The van der Waals surface area contributed by atoms with Gasteiger partial charge in [0.15, 0.2) is 11.5 Å². The molecule has 4 rings (SSSR count). The summed E-state index contributed by atoms with van der Waals surface area (Å²) in [6.07, 6.45) is 1.63. The maximum atomic E-state index is 11.3.